The van der Waals surface area contributed by atoms with Crippen LogP contribution in [0.5, 0.6) is 11.5 Å². The van der Waals surface area contributed by atoms with Gasteiger partial charge < -0.3 is 14.8 Å². The summed E-state index contributed by atoms with van der Waals surface area (Å²) in [7, 11) is 3.38. The summed E-state index contributed by atoms with van der Waals surface area (Å²) in [6.07, 6.45) is 1.07. The fourth-order valence-corrected chi connectivity index (χ4v) is 3.56. The van der Waals surface area contributed by atoms with Crippen LogP contribution in [0.1, 0.15) is 22.7 Å². The monoisotopic (exact) mass is 396 g/mol. The number of nitrogens with two attached hydrogens (primary N) is 1. The fourth-order valence-electron chi connectivity index (χ4n) is 2.99. The highest BCUT2D eigenvalue weighted by Crippen LogP contribution is 2.35. The molecule has 2 N–H and O–H groups in total. The molecule has 3 nitrogen and oxygen atoms in total. The van der Waals surface area contributed by atoms with Gasteiger partial charge in [-0.05, 0) is 52.4 Å². The number of methoxy groups -OCH3 is 2. The third-order valence-corrected chi connectivity index (χ3v) is 4.68. The summed E-state index contributed by atoms with van der Waals surface area (Å²) in [6, 6.07) is 13.3. The number of quaternary nitrogens is 1. The minimum atomic E-state index is 0.336. The second-order valence-corrected chi connectivity index (χ2v) is 6.46. The van der Waals surface area contributed by atoms with Crippen LogP contribution >= 0.6 is 22.6 Å². The SMILES string of the molecule is COc1cc2c(cc1OC)[C@@H](c1cccc(I)c1)[NH2+]CC2. The highest BCUT2D eigenvalue weighted by atomic mass is 127. The number of hydrogen-bond donors (Lipinski definition) is 1. The van der Waals surface area contributed by atoms with Gasteiger partial charge in [0.2, 0.25) is 0 Å². The molecule has 0 aliphatic carbocycles. The lowest BCUT2D eigenvalue weighted by molar-refractivity contribution is -0.690. The third kappa shape index (κ3) is 2.87. The maximum atomic E-state index is 5.47. The summed E-state index contributed by atoms with van der Waals surface area (Å²) in [5.74, 6) is 1.63. The van der Waals surface area contributed by atoms with Crippen molar-refractivity contribution >= 4 is 22.6 Å². The zero-order valence-corrected chi connectivity index (χ0v) is 14.4. The van der Waals surface area contributed by atoms with Gasteiger partial charge in [-0.25, -0.2) is 0 Å². The van der Waals surface area contributed by atoms with Crippen LogP contribution < -0.4 is 14.8 Å². The van der Waals surface area contributed by atoms with E-state index in [2.05, 4.69) is 64.3 Å². The Morgan fingerprint density at radius 1 is 1.10 bits per heavy atom. The summed E-state index contributed by atoms with van der Waals surface area (Å²) in [5.41, 5.74) is 4.04. The number of fused-ring (bicyclic) bond motifs is 1. The normalized spacial score (nSPS) is 17.2. The summed E-state index contributed by atoms with van der Waals surface area (Å²) in [6.45, 7) is 1.10. The molecule has 1 aliphatic rings. The van der Waals surface area contributed by atoms with E-state index in [0.717, 1.165) is 24.5 Å². The molecule has 2 aromatic rings. The van der Waals surface area contributed by atoms with Gasteiger partial charge in [0.1, 0.15) is 6.04 Å². The van der Waals surface area contributed by atoms with Crippen LogP contribution in [-0.2, 0) is 6.42 Å². The number of ether oxygens (including phenoxy) is 2. The van der Waals surface area contributed by atoms with E-state index in [1.807, 2.05) is 0 Å². The highest BCUT2D eigenvalue weighted by molar-refractivity contribution is 14.1. The molecular formula is C17H19INO2+. The molecule has 110 valence electrons. The number of hydrogen-bond acceptors (Lipinski definition) is 2. The Hall–Kier alpha value is -1.27. The lowest BCUT2D eigenvalue weighted by atomic mass is 9.89. The van der Waals surface area contributed by atoms with Crippen molar-refractivity contribution in [1.29, 1.82) is 0 Å². The fraction of sp³-hybridized carbons (Fsp3) is 0.294. The predicted octanol–water partition coefficient (Wildman–Crippen LogP) is 2.52. The molecule has 1 heterocycles. The maximum absolute atomic E-state index is 5.47. The second-order valence-electron chi connectivity index (χ2n) is 5.21. The minimum Gasteiger partial charge on any atom is -0.493 e. The lowest BCUT2D eigenvalue weighted by Gasteiger charge is -2.25. The Kier molecular flexibility index (Phi) is 4.35. The highest BCUT2D eigenvalue weighted by Gasteiger charge is 2.27. The first kappa shape index (κ1) is 14.7. The molecule has 0 aromatic heterocycles. The molecule has 0 fully saturated rings. The summed E-state index contributed by atoms with van der Waals surface area (Å²) in [5, 5.41) is 2.40. The molecule has 0 spiro atoms. The van der Waals surface area contributed by atoms with E-state index >= 15 is 0 Å². The van der Waals surface area contributed by atoms with Crippen molar-refractivity contribution in [2.24, 2.45) is 0 Å². The first-order valence-electron chi connectivity index (χ1n) is 7.06. The van der Waals surface area contributed by atoms with Gasteiger partial charge in [0.25, 0.3) is 0 Å². The van der Waals surface area contributed by atoms with Gasteiger partial charge in [-0.15, -0.1) is 0 Å². The summed E-state index contributed by atoms with van der Waals surface area (Å²) in [4.78, 5) is 0. The van der Waals surface area contributed by atoms with Gasteiger partial charge in [0.15, 0.2) is 11.5 Å². The predicted molar refractivity (Wildman–Crippen MR) is 91.0 cm³/mol. The largest absolute Gasteiger partial charge is 0.493 e. The standard InChI is InChI=1S/C17H18INO2/c1-20-15-9-11-6-7-19-17(14(11)10-16(15)21-2)12-4-3-5-13(18)8-12/h3-5,8-10,17,19H,6-7H2,1-2H3/p+1/t17-/m1/s1. The molecule has 2 aromatic carbocycles. The zero-order chi connectivity index (χ0) is 14.8. The van der Waals surface area contributed by atoms with Gasteiger partial charge in [-0.2, -0.15) is 0 Å². The van der Waals surface area contributed by atoms with Crippen molar-refractivity contribution in [3.05, 3.63) is 56.7 Å². The van der Waals surface area contributed by atoms with Crippen LogP contribution in [-0.4, -0.2) is 20.8 Å². The average Bonchev–Trinajstić information content (AvgIpc) is 2.52. The Labute approximate surface area is 138 Å². The van der Waals surface area contributed by atoms with Gasteiger partial charge in [-0.3, -0.25) is 0 Å². The third-order valence-electron chi connectivity index (χ3n) is 4.00. The molecule has 3 rings (SSSR count). The van der Waals surface area contributed by atoms with E-state index in [1.54, 1.807) is 14.2 Å². The van der Waals surface area contributed by atoms with E-state index in [1.165, 1.54) is 20.3 Å². The van der Waals surface area contributed by atoms with Crippen LogP contribution in [0.15, 0.2) is 36.4 Å². The van der Waals surface area contributed by atoms with Gasteiger partial charge in [0, 0.05) is 21.1 Å². The van der Waals surface area contributed by atoms with Gasteiger partial charge >= 0.3 is 0 Å². The van der Waals surface area contributed by atoms with Crippen molar-refractivity contribution in [3.63, 3.8) is 0 Å². The quantitative estimate of drug-likeness (QED) is 0.810. The van der Waals surface area contributed by atoms with Gasteiger partial charge in [0.05, 0.1) is 20.8 Å². The van der Waals surface area contributed by atoms with E-state index in [-0.39, 0.29) is 0 Å². The molecular weight excluding hydrogens is 377 g/mol. The van der Waals surface area contributed by atoms with Crippen molar-refractivity contribution in [1.82, 2.24) is 0 Å². The minimum absolute atomic E-state index is 0.336. The Bertz CT molecular complexity index is 657. The van der Waals surface area contributed by atoms with E-state index < -0.39 is 0 Å². The van der Waals surface area contributed by atoms with Crippen molar-refractivity contribution < 1.29 is 14.8 Å². The van der Waals surface area contributed by atoms with Crippen LogP contribution in [0.2, 0.25) is 0 Å². The zero-order valence-electron chi connectivity index (χ0n) is 12.2. The molecule has 0 amide bonds. The maximum Gasteiger partial charge on any atom is 0.161 e. The van der Waals surface area contributed by atoms with Crippen LogP contribution in [0.4, 0.5) is 0 Å². The summed E-state index contributed by atoms with van der Waals surface area (Å²) >= 11 is 2.37. The topological polar surface area (TPSA) is 35.1 Å². The second kappa shape index (κ2) is 6.23. The first-order valence-corrected chi connectivity index (χ1v) is 8.14. The van der Waals surface area contributed by atoms with E-state index in [9.17, 15) is 0 Å². The smallest absolute Gasteiger partial charge is 0.161 e. The number of rotatable bonds is 3. The molecule has 1 atom stereocenters. The molecule has 0 bridgehead atoms. The number of halogens is 1. The van der Waals surface area contributed by atoms with Crippen LogP contribution in [0, 0.1) is 3.57 Å². The molecule has 4 heteroatoms. The molecule has 0 saturated heterocycles. The van der Waals surface area contributed by atoms with Crippen LogP contribution in [0.25, 0.3) is 0 Å². The first-order chi connectivity index (χ1) is 10.2. The number of benzene rings is 2. The molecule has 0 radical (unpaired) electrons. The molecule has 0 unspecified atom stereocenters. The average molecular weight is 396 g/mol. The Morgan fingerprint density at radius 2 is 1.86 bits per heavy atom. The molecule has 21 heavy (non-hydrogen) atoms. The van der Waals surface area contributed by atoms with Crippen LogP contribution in [0.3, 0.4) is 0 Å². The van der Waals surface area contributed by atoms with Crippen molar-refractivity contribution in [2.75, 3.05) is 20.8 Å². The molecule has 1 aliphatic heterocycles. The molecule has 0 saturated carbocycles. The Balaban J connectivity index is 2.09. The van der Waals surface area contributed by atoms with Gasteiger partial charge in [-0.1, -0.05) is 12.1 Å². The van der Waals surface area contributed by atoms with Crippen molar-refractivity contribution in [2.45, 2.75) is 12.5 Å². The lowest BCUT2D eigenvalue weighted by Crippen LogP contribution is -2.87. The summed E-state index contributed by atoms with van der Waals surface area (Å²) < 4.78 is 12.2. The Morgan fingerprint density at radius 3 is 2.57 bits per heavy atom. The van der Waals surface area contributed by atoms with Crippen molar-refractivity contribution in [3.8, 4) is 11.5 Å². The van der Waals surface area contributed by atoms with E-state index in [0.29, 0.717) is 6.04 Å². The van der Waals surface area contributed by atoms with E-state index in [4.69, 9.17) is 9.47 Å².